The molecule has 1 atom stereocenters. The molecule has 0 aliphatic heterocycles. The summed E-state index contributed by atoms with van der Waals surface area (Å²) < 4.78 is 0. The van der Waals surface area contributed by atoms with Crippen LogP contribution in [0.2, 0.25) is 5.02 Å². The van der Waals surface area contributed by atoms with E-state index in [0.29, 0.717) is 16.8 Å². The zero-order chi connectivity index (χ0) is 20.7. The van der Waals surface area contributed by atoms with E-state index < -0.39 is 10.8 Å². The summed E-state index contributed by atoms with van der Waals surface area (Å²) in [6.45, 7) is 3.86. The van der Waals surface area contributed by atoms with Gasteiger partial charge in [0.15, 0.2) is 0 Å². The third-order valence-electron chi connectivity index (χ3n) is 4.01. The first-order valence-corrected chi connectivity index (χ1v) is 9.02. The lowest BCUT2D eigenvalue weighted by atomic mass is 10.1. The van der Waals surface area contributed by atoms with E-state index in [1.165, 1.54) is 24.3 Å². The zero-order valence-corrected chi connectivity index (χ0v) is 16.2. The molecule has 1 unspecified atom stereocenters. The molecule has 0 radical (unpaired) electrons. The molecule has 146 valence electrons. The summed E-state index contributed by atoms with van der Waals surface area (Å²) in [5.41, 5.74) is 0.942. The van der Waals surface area contributed by atoms with Crippen molar-refractivity contribution in [2.24, 2.45) is 0 Å². The van der Waals surface area contributed by atoms with Gasteiger partial charge in [0.1, 0.15) is 5.02 Å². The lowest BCUT2D eigenvalue weighted by Crippen LogP contribution is -2.32. The third kappa shape index (κ3) is 5.65. The van der Waals surface area contributed by atoms with Crippen molar-refractivity contribution in [2.75, 3.05) is 5.32 Å². The molecule has 0 heterocycles. The zero-order valence-electron chi connectivity index (χ0n) is 15.4. The van der Waals surface area contributed by atoms with Gasteiger partial charge < -0.3 is 10.6 Å². The Balaban J connectivity index is 2.14. The average molecular weight is 402 g/mol. The first kappa shape index (κ1) is 21.1. The molecule has 0 bridgehead atoms. The van der Waals surface area contributed by atoms with Crippen LogP contribution < -0.4 is 10.6 Å². The van der Waals surface area contributed by atoms with Gasteiger partial charge in [-0.15, -0.1) is 0 Å². The minimum Gasteiger partial charge on any atom is -0.350 e. The molecule has 2 rings (SSSR count). The monoisotopic (exact) mass is 401 g/mol. The van der Waals surface area contributed by atoms with Gasteiger partial charge in [0.2, 0.25) is 5.91 Å². The molecule has 7 nitrogen and oxygen atoms in total. The fraction of sp³-hybridized carbons (Fsp3) is 0.200. The predicted molar refractivity (Wildman–Crippen MR) is 109 cm³/mol. The van der Waals surface area contributed by atoms with Crippen LogP contribution in [0.1, 0.15) is 36.2 Å². The first-order chi connectivity index (χ1) is 13.3. The minimum absolute atomic E-state index is 0.0110. The second-order valence-corrected chi connectivity index (χ2v) is 6.53. The molecule has 2 N–H and O–H groups in total. The second-order valence-electron chi connectivity index (χ2n) is 6.12. The lowest BCUT2D eigenvalue weighted by Gasteiger charge is -2.14. The Morgan fingerprint density at radius 2 is 1.96 bits per heavy atom. The van der Waals surface area contributed by atoms with Crippen LogP contribution in [0.3, 0.4) is 0 Å². The summed E-state index contributed by atoms with van der Waals surface area (Å²) in [5, 5.41) is 16.5. The summed E-state index contributed by atoms with van der Waals surface area (Å²) >= 11 is 5.77. The quantitative estimate of drug-likeness (QED) is 0.407. The molecule has 0 aromatic heterocycles. The topological polar surface area (TPSA) is 101 Å². The number of para-hydroxylation sites is 1. The Morgan fingerprint density at radius 3 is 2.64 bits per heavy atom. The van der Waals surface area contributed by atoms with Crippen LogP contribution in [0.4, 0.5) is 11.4 Å². The molecule has 8 heteroatoms. The number of nitro groups is 1. The lowest BCUT2D eigenvalue weighted by molar-refractivity contribution is -0.384. The van der Waals surface area contributed by atoms with Crippen molar-refractivity contribution in [3.8, 4) is 0 Å². The molecule has 2 aromatic rings. The average Bonchev–Trinajstić information content (AvgIpc) is 2.67. The Bertz CT molecular complexity index is 927. The molecule has 0 aliphatic carbocycles. The number of nitrogens with zero attached hydrogens (tertiary/aromatic N) is 1. The van der Waals surface area contributed by atoms with Crippen molar-refractivity contribution in [2.45, 2.75) is 26.3 Å². The Hall–Kier alpha value is -3.19. The maximum atomic E-state index is 12.4. The highest BCUT2D eigenvalue weighted by atomic mass is 35.5. The summed E-state index contributed by atoms with van der Waals surface area (Å²) in [5.74, 6) is -0.746. The van der Waals surface area contributed by atoms with Gasteiger partial charge in [-0.25, -0.2) is 0 Å². The molecule has 2 aromatic carbocycles. The number of halogens is 1. The van der Waals surface area contributed by atoms with Crippen LogP contribution in [0.15, 0.2) is 48.5 Å². The standard InChI is InChI=1S/C20H20ClN3O4/c1-3-13(2)22-20(26)15-6-4-5-7-17(15)23-19(25)11-9-14-8-10-16(21)18(12-14)24(27)28/h4-13H,3H2,1-2H3,(H,22,26)(H,23,25)/b11-9+. The molecule has 0 aliphatic rings. The second kappa shape index (κ2) is 9.66. The summed E-state index contributed by atoms with van der Waals surface area (Å²) in [4.78, 5) is 34.9. The predicted octanol–water partition coefficient (Wildman–Crippen LogP) is 4.43. The Labute approximate surface area is 167 Å². The van der Waals surface area contributed by atoms with E-state index in [0.717, 1.165) is 6.42 Å². The molecule has 2 amide bonds. The highest BCUT2D eigenvalue weighted by molar-refractivity contribution is 6.32. The SMILES string of the molecule is CCC(C)NC(=O)c1ccccc1NC(=O)/C=C/c1ccc(Cl)c([N+](=O)[O-])c1. The number of amides is 2. The highest BCUT2D eigenvalue weighted by Gasteiger charge is 2.14. The van der Waals surface area contributed by atoms with Crippen molar-refractivity contribution in [3.05, 3.63) is 74.8 Å². The van der Waals surface area contributed by atoms with Gasteiger partial charge in [-0.3, -0.25) is 19.7 Å². The number of benzene rings is 2. The van der Waals surface area contributed by atoms with Gasteiger partial charge in [-0.2, -0.15) is 0 Å². The van der Waals surface area contributed by atoms with Crippen LogP contribution in [0.5, 0.6) is 0 Å². The van der Waals surface area contributed by atoms with E-state index in [2.05, 4.69) is 10.6 Å². The van der Waals surface area contributed by atoms with Crippen LogP contribution in [0.25, 0.3) is 6.08 Å². The van der Waals surface area contributed by atoms with Crippen molar-refractivity contribution < 1.29 is 14.5 Å². The van der Waals surface area contributed by atoms with Crippen LogP contribution in [-0.2, 0) is 4.79 Å². The van der Waals surface area contributed by atoms with E-state index in [1.807, 2.05) is 13.8 Å². The van der Waals surface area contributed by atoms with Crippen molar-refractivity contribution in [1.29, 1.82) is 0 Å². The van der Waals surface area contributed by atoms with Gasteiger partial charge >= 0.3 is 0 Å². The van der Waals surface area contributed by atoms with Crippen molar-refractivity contribution in [1.82, 2.24) is 5.32 Å². The number of rotatable bonds is 7. The Kier molecular flexibility index (Phi) is 7.28. The summed E-state index contributed by atoms with van der Waals surface area (Å²) in [7, 11) is 0. The van der Waals surface area contributed by atoms with Gasteiger partial charge in [0.05, 0.1) is 16.2 Å². The number of carbonyl (C=O) groups is 2. The highest BCUT2D eigenvalue weighted by Crippen LogP contribution is 2.25. The molecule has 0 spiro atoms. The maximum Gasteiger partial charge on any atom is 0.288 e. The van der Waals surface area contributed by atoms with Gasteiger partial charge in [-0.1, -0.05) is 36.7 Å². The van der Waals surface area contributed by atoms with Crippen LogP contribution in [-0.4, -0.2) is 22.8 Å². The summed E-state index contributed by atoms with van der Waals surface area (Å²) in [6.07, 6.45) is 3.45. The van der Waals surface area contributed by atoms with Crippen LogP contribution in [0, 0.1) is 10.1 Å². The van der Waals surface area contributed by atoms with Crippen LogP contribution >= 0.6 is 11.6 Å². The maximum absolute atomic E-state index is 12.4. The van der Waals surface area contributed by atoms with E-state index in [1.54, 1.807) is 30.3 Å². The van der Waals surface area contributed by atoms with Gasteiger partial charge in [-0.05, 0) is 43.2 Å². The number of nitrogens with one attached hydrogen (secondary N) is 2. The normalized spacial score (nSPS) is 11.8. The molecule has 0 fully saturated rings. The third-order valence-corrected chi connectivity index (χ3v) is 4.33. The molecule has 28 heavy (non-hydrogen) atoms. The minimum atomic E-state index is -0.591. The first-order valence-electron chi connectivity index (χ1n) is 8.64. The van der Waals surface area contributed by atoms with E-state index >= 15 is 0 Å². The van der Waals surface area contributed by atoms with Crippen molar-refractivity contribution >= 4 is 40.9 Å². The smallest absolute Gasteiger partial charge is 0.288 e. The molecule has 0 saturated heterocycles. The van der Waals surface area contributed by atoms with E-state index in [-0.39, 0.29) is 22.7 Å². The van der Waals surface area contributed by atoms with Gasteiger partial charge in [0, 0.05) is 18.2 Å². The number of nitro benzene ring substituents is 1. The van der Waals surface area contributed by atoms with Gasteiger partial charge in [0.25, 0.3) is 11.6 Å². The fourth-order valence-electron chi connectivity index (χ4n) is 2.31. The molecule has 0 saturated carbocycles. The molecular formula is C20H20ClN3O4. The van der Waals surface area contributed by atoms with Crippen molar-refractivity contribution in [3.63, 3.8) is 0 Å². The Morgan fingerprint density at radius 1 is 1.25 bits per heavy atom. The van der Waals surface area contributed by atoms with E-state index in [9.17, 15) is 19.7 Å². The number of hydrogen-bond acceptors (Lipinski definition) is 4. The van der Waals surface area contributed by atoms with E-state index in [4.69, 9.17) is 11.6 Å². The number of carbonyl (C=O) groups excluding carboxylic acids is 2. The molecular weight excluding hydrogens is 382 g/mol. The largest absolute Gasteiger partial charge is 0.350 e. The summed E-state index contributed by atoms with van der Waals surface area (Å²) in [6, 6.07) is 10.9. The number of anilines is 1. The fourth-order valence-corrected chi connectivity index (χ4v) is 2.50. The number of hydrogen-bond donors (Lipinski definition) is 2.